The highest BCUT2D eigenvalue weighted by molar-refractivity contribution is 6.97. The molecule has 0 fully saturated rings. The van der Waals surface area contributed by atoms with Gasteiger partial charge >= 0.3 is 0 Å². The van der Waals surface area contributed by atoms with E-state index < -0.39 is 0 Å². The maximum Gasteiger partial charge on any atom is 0.255 e. The first-order valence-corrected chi connectivity index (χ1v) is 14.4. The highest BCUT2D eigenvalue weighted by Gasteiger charge is 2.30. The Bertz CT molecular complexity index is 910. The van der Waals surface area contributed by atoms with E-state index >= 15 is 0 Å². The first kappa shape index (κ1) is 31.3. The smallest absolute Gasteiger partial charge is 0.255 e. The van der Waals surface area contributed by atoms with Crippen LogP contribution in [0.5, 0.6) is 17.2 Å². The van der Waals surface area contributed by atoms with E-state index in [-0.39, 0.29) is 12.9 Å². The monoisotopic (exact) mass is 517 g/mol. The predicted octanol–water partition coefficient (Wildman–Crippen LogP) is 7.07. The zero-order chi connectivity index (χ0) is 26.1. The maximum atomic E-state index is 6.39. The molecule has 0 radical (unpaired) electrons. The minimum atomic E-state index is -0.0628. The van der Waals surface area contributed by atoms with Gasteiger partial charge in [0.15, 0.2) is 0 Å². The fraction of sp³-hybridized carbons (Fsp3) is 0.455. The van der Waals surface area contributed by atoms with Gasteiger partial charge in [0, 0.05) is 0 Å². The Morgan fingerprint density at radius 3 is 1.03 bits per heavy atom. The molecule has 206 valence electrons. The standard InChI is InChI=1S/C33H45BO3.H3N/c1-4-7-16-25-35-31-22-13-10-19-28(31)34(29-20-11-14-23-32(29)36-26-17-8-5-2)30-21-12-15-24-33(30)37-27-18-9-6-3;/h10-15,19-24H,4-9,16-18,25-27H2,1-3H3;1H3. The minimum absolute atomic E-state index is 0. The van der Waals surface area contributed by atoms with Gasteiger partial charge in [-0.25, -0.2) is 0 Å². The molecule has 0 unspecified atom stereocenters. The van der Waals surface area contributed by atoms with Crippen molar-refractivity contribution < 1.29 is 14.2 Å². The average Bonchev–Trinajstić information content (AvgIpc) is 2.94. The van der Waals surface area contributed by atoms with E-state index in [1.165, 1.54) is 38.5 Å². The van der Waals surface area contributed by atoms with Crippen LogP contribution in [0.2, 0.25) is 0 Å². The van der Waals surface area contributed by atoms with Gasteiger partial charge in [-0.2, -0.15) is 0 Å². The van der Waals surface area contributed by atoms with Crippen molar-refractivity contribution in [3.8, 4) is 17.2 Å². The van der Waals surface area contributed by atoms with Crippen molar-refractivity contribution in [1.82, 2.24) is 6.15 Å². The summed E-state index contributed by atoms with van der Waals surface area (Å²) in [6.07, 6.45) is 10.2. The molecular weight excluding hydrogens is 469 g/mol. The average molecular weight is 518 g/mol. The van der Waals surface area contributed by atoms with Gasteiger partial charge in [-0.1, -0.05) is 114 Å². The van der Waals surface area contributed by atoms with Crippen molar-refractivity contribution in [3.63, 3.8) is 0 Å². The van der Waals surface area contributed by atoms with Crippen molar-refractivity contribution in [1.29, 1.82) is 0 Å². The molecule has 5 heteroatoms. The first-order valence-electron chi connectivity index (χ1n) is 14.4. The van der Waals surface area contributed by atoms with Gasteiger partial charge < -0.3 is 20.4 Å². The third kappa shape index (κ3) is 9.43. The summed E-state index contributed by atoms with van der Waals surface area (Å²) < 4.78 is 19.2. The van der Waals surface area contributed by atoms with Crippen LogP contribution in [0, 0.1) is 0 Å². The van der Waals surface area contributed by atoms with Crippen LogP contribution in [0.15, 0.2) is 72.8 Å². The largest absolute Gasteiger partial charge is 0.494 e. The Morgan fingerprint density at radius 1 is 0.447 bits per heavy atom. The molecule has 4 nitrogen and oxygen atoms in total. The van der Waals surface area contributed by atoms with Crippen molar-refractivity contribution in [2.24, 2.45) is 0 Å². The van der Waals surface area contributed by atoms with Crippen molar-refractivity contribution in [3.05, 3.63) is 72.8 Å². The number of hydrogen-bond acceptors (Lipinski definition) is 4. The van der Waals surface area contributed by atoms with Gasteiger partial charge in [-0.05, 0) is 53.8 Å². The molecule has 0 aliphatic rings. The summed E-state index contributed by atoms with van der Waals surface area (Å²) in [6.45, 7) is 8.77. The van der Waals surface area contributed by atoms with Crippen LogP contribution >= 0.6 is 0 Å². The Balaban J connectivity index is 0.00000507. The fourth-order valence-electron chi connectivity index (χ4n) is 4.66. The van der Waals surface area contributed by atoms with Gasteiger partial charge in [0.05, 0.1) is 19.8 Å². The topological polar surface area (TPSA) is 62.7 Å². The molecule has 0 aliphatic heterocycles. The summed E-state index contributed by atoms with van der Waals surface area (Å²) in [4.78, 5) is 0. The third-order valence-electron chi connectivity index (χ3n) is 6.71. The van der Waals surface area contributed by atoms with Crippen LogP contribution in [0.1, 0.15) is 78.6 Å². The van der Waals surface area contributed by atoms with Crippen LogP contribution < -0.4 is 36.7 Å². The zero-order valence-electron chi connectivity index (χ0n) is 23.9. The predicted molar refractivity (Wildman–Crippen MR) is 164 cm³/mol. The molecule has 0 spiro atoms. The number of ether oxygens (including phenoxy) is 3. The molecule has 3 rings (SSSR count). The SMILES string of the molecule is CCCCCOc1ccccc1B(c1ccccc1OCCCCC)c1ccccc1OCCCCC.N. The molecule has 0 heterocycles. The molecule has 3 aromatic rings. The van der Waals surface area contributed by atoms with E-state index in [4.69, 9.17) is 14.2 Å². The number of hydrogen-bond donors (Lipinski definition) is 1. The quantitative estimate of drug-likeness (QED) is 0.145. The lowest BCUT2D eigenvalue weighted by molar-refractivity contribution is 0.307. The summed E-state index contributed by atoms with van der Waals surface area (Å²) in [5.41, 5.74) is 3.44. The molecule has 0 atom stereocenters. The van der Waals surface area contributed by atoms with Gasteiger partial charge in [-0.15, -0.1) is 0 Å². The summed E-state index contributed by atoms with van der Waals surface area (Å²) in [6, 6.07) is 25.4. The number of rotatable bonds is 18. The van der Waals surface area contributed by atoms with E-state index in [0.29, 0.717) is 0 Å². The minimum Gasteiger partial charge on any atom is -0.494 e. The van der Waals surface area contributed by atoms with E-state index in [0.717, 1.165) is 72.7 Å². The molecule has 3 aromatic carbocycles. The second-order valence-electron chi connectivity index (χ2n) is 9.71. The van der Waals surface area contributed by atoms with Crippen LogP contribution in [0.25, 0.3) is 0 Å². The van der Waals surface area contributed by atoms with Crippen molar-refractivity contribution in [2.45, 2.75) is 78.6 Å². The number of unbranched alkanes of at least 4 members (excludes halogenated alkanes) is 6. The lowest BCUT2D eigenvalue weighted by Crippen LogP contribution is -2.53. The molecule has 3 N–H and O–H groups in total. The second-order valence-corrected chi connectivity index (χ2v) is 9.71. The Labute approximate surface area is 231 Å². The maximum absolute atomic E-state index is 6.39. The first-order chi connectivity index (χ1) is 18.3. The van der Waals surface area contributed by atoms with Crippen LogP contribution in [0.4, 0.5) is 0 Å². The summed E-state index contributed by atoms with van der Waals surface area (Å²) >= 11 is 0. The van der Waals surface area contributed by atoms with E-state index in [1.807, 2.05) is 0 Å². The second kappa shape index (κ2) is 18.4. The summed E-state index contributed by atoms with van der Waals surface area (Å²) in [7, 11) is 0. The molecule has 0 amide bonds. The molecule has 0 saturated heterocycles. The van der Waals surface area contributed by atoms with Crippen LogP contribution in [0.3, 0.4) is 0 Å². The molecule has 0 saturated carbocycles. The summed E-state index contributed by atoms with van der Waals surface area (Å²) in [5.74, 6) is 2.81. The normalized spacial score (nSPS) is 10.5. The Morgan fingerprint density at radius 2 is 0.737 bits per heavy atom. The lowest BCUT2D eigenvalue weighted by atomic mass is 9.36. The highest BCUT2D eigenvalue weighted by atomic mass is 16.5. The molecule has 0 aromatic heterocycles. The molecule has 38 heavy (non-hydrogen) atoms. The van der Waals surface area contributed by atoms with Gasteiger partial charge in [0.25, 0.3) is 6.71 Å². The summed E-state index contributed by atoms with van der Waals surface area (Å²) in [5, 5.41) is 0. The van der Waals surface area contributed by atoms with E-state index in [2.05, 4.69) is 93.6 Å². The van der Waals surface area contributed by atoms with Crippen LogP contribution in [-0.2, 0) is 0 Å². The lowest BCUT2D eigenvalue weighted by Gasteiger charge is -2.23. The third-order valence-corrected chi connectivity index (χ3v) is 6.71. The van der Waals surface area contributed by atoms with E-state index in [9.17, 15) is 0 Å². The van der Waals surface area contributed by atoms with Crippen molar-refractivity contribution >= 4 is 23.1 Å². The molecule has 0 aliphatic carbocycles. The highest BCUT2D eigenvalue weighted by Crippen LogP contribution is 2.18. The number of para-hydroxylation sites is 3. The Hall–Kier alpha value is -2.92. The molecular formula is C33H48BNO3. The van der Waals surface area contributed by atoms with Crippen LogP contribution in [-0.4, -0.2) is 26.5 Å². The van der Waals surface area contributed by atoms with E-state index in [1.54, 1.807) is 0 Å². The fourth-order valence-corrected chi connectivity index (χ4v) is 4.66. The Kier molecular flexibility index (Phi) is 15.1. The van der Waals surface area contributed by atoms with Crippen molar-refractivity contribution in [2.75, 3.05) is 19.8 Å². The molecule has 0 bridgehead atoms. The zero-order valence-corrected chi connectivity index (χ0v) is 23.9. The van der Waals surface area contributed by atoms with Gasteiger partial charge in [0.2, 0.25) is 0 Å². The number of benzene rings is 3. The van der Waals surface area contributed by atoms with Gasteiger partial charge in [-0.3, -0.25) is 0 Å². The van der Waals surface area contributed by atoms with Gasteiger partial charge in [0.1, 0.15) is 17.2 Å².